The number of hydrogen-bond donors (Lipinski definition) is 1. The monoisotopic (exact) mass is 357 g/mol. The van der Waals surface area contributed by atoms with Crippen LogP contribution in [-0.4, -0.2) is 41.0 Å². The standard InChI is InChI=1S/C19H23N3O4/c1-12-6-8-15(9-7-12)22-14(3)18(13(2)21-22)20-17(23)11-26-19(24)16-5-4-10-25-16/h6-9,16H,4-5,10-11H2,1-3H3,(H,20,23)/t16-/m1/s1. The van der Waals surface area contributed by atoms with E-state index in [1.54, 1.807) is 4.68 Å². The summed E-state index contributed by atoms with van der Waals surface area (Å²) in [7, 11) is 0. The number of amides is 1. The normalized spacial score (nSPS) is 16.5. The highest BCUT2D eigenvalue weighted by molar-refractivity contribution is 5.94. The maximum atomic E-state index is 12.2. The van der Waals surface area contributed by atoms with E-state index < -0.39 is 18.0 Å². The van der Waals surface area contributed by atoms with Crippen molar-refractivity contribution in [1.29, 1.82) is 0 Å². The second-order valence-corrected chi connectivity index (χ2v) is 6.45. The van der Waals surface area contributed by atoms with Crippen LogP contribution in [0.15, 0.2) is 24.3 Å². The zero-order valence-electron chi connectivity index (χ0n) is 15.2. The molecule has 0 saturated carbocycles. The van der Waals surface area contributed by atoms with Crippen LogP contribution in [0.3, 0.4) is 0 Å². The molecule has 1 N–H and O–H groups in total. The van der Waals surface area contributed by atoms with Gasteiger partial charge in [-0.05, 0) is 45.7 Å². The third-order valence-corrected chi connectivity index (χ3v) is 4.37. The Hall–Kier alpha value is -2.67. The number of aryl methyl sites for hydroxylation is 2. The molecule has 3 rings (SSSR count). The number of anilines is 1. The molecule has 1 saturated heterocycles. The summed E-state index contributed by atoms with van der Waals surface area (Å²) in [6, 6.07) is 7.97. The Labute approximate surface area is 152 Å². The first-order valence-corrected chi connectivity index (χ1v) is 8.67. The molecule has 0 aliphatic carbocycles. The van der Waals surface area contributed by atoms with Crippen LogP contribution in [0.1, 0.15) is 29.8 Å². The molecule has 0 spiro atoms. The minimum Gasteiger partial charge on any atom is -0.454 e. The van der Waals surface area contributed by atoms with E-state index in [1.165, 1.54) is 0 Å². The number of nitrogens with zero attached hydrogens (tertiary/aromatic N) is 2. The van der Waals surface area contributed by atoms with Crippen LogP contribution >= 0.6 is 0 Å². The Morgan fingerprint density at radius 2 is 2.00 bits per heavy atom. The quantitative estimate of drug-likeness (QED) is 0.831. The maximum Gasteiger partial charge on any atom is 0.335 e. The Bertz CT molecular complexity index is 805. The van der Waals surface area contributed by atoms with Crippen molar-refractivity contribution in [2.24, 2.45) is 0 Å². The maximum absolute atomic E-state index is 12.2. The molecule has 0 radical (unpaired) electrons. The van der Waals surface area contributed by atoms with Crippen molar-refractivity contribution in [3.8, 4) is 5.69 Å². The van der Waals surface area contributed by atoms with Gasteiger partial charge in [0.25, 0.3) is 5.91 Å². The summed E-state index contributed by atoms with van der Waals surface area (Å²) >= 11 is 0. The van der Waals surface area contributed by atoms with Crippen molar-refractivity contribution < 1.29 is 19.1 Å². The molecule has 0 bridgehead atoms. The summed E-state index contributed by atoms with van der Waals surface area (Å²) in [6.07, 6.45) is 0.931. The van der Waals surface area contributed by atoms with Crippen LogP contribution < -0.4 is 5.32 Å². The minimum absolute atomic E-state index is 0.340. The van der Waals surface area contributed by atoms with Crippen LogP contribution in [-0.2, 0) is 19.1 Å². The largest absolute Gasteiger partial charge is 0.454 e. The fourth-order valence-electron chi connectivity index (χ4n) is 2.93. The first-order chi connectivity index (χ1) is 12.5. The van der Waals surface area contributed by atoms with Crippen LogP contribution in [0.5, 0.6) is 0 Å². The summed E-state index contributed by atoms with van der Waals surface area (Å²) in [5.74, 6) is -0.882. The van der Waals surface area contributed by atoms with E-state index in [2.05, 4.69) is 10.4 Å². The Kier molecular flexibility index (Phi) is 5.37. The molecule has 7 heteroatoms. The van der Waals surface area contributed by atoms with Crippen LogP contribution in [0.2, 0.25) is 0 Å². The van der Waals surface area contributed by atoms with Crippen molar-refractivity contribution in [1.82, 2.24) is 9.78 Å². The number of esters is 1. The highest BCUT2D eigenvalue weighted by Crippen LogP contribution is 2.23. The molecule has 138 valence electrons. The van der Waals surface area contributed by atoms with Crippen molar-refractivity contribution in [3.05, 3.63) is 41.2 Å². The fourth-order valence-corrected chi connectivity index (χ4v) is 2.93. The number of rotatable bonds is 5. The van der Waals surface area contributed by atoms with Gasteiger partial charge < -0.3 is 14.8 Å². The average molecular weight is 357 g/mol. The molecule has 2 heterocycles. The van der Waals surface area contributed by atoms with Crippen LogP contribution in [0.4, 0.5) is 5.69 Å². The predicted molar refractivity (Wildman–Crippen MR) is 96.3 cm³/mol. The topological polar surface area (TPSA) is 82.5 Å². The summed E-state index contributed by atoms with van der Waals surface area (Å²) in [4.78, 5) is 24.0. The lowest BCUT2D eigenvalue weighted by Gasteiger charge is -2.10. The minimum atomic E-state index is -0.546. The van der Waals surface area contributed by atoms with Crippen molar-refractivity contribution >= 4 is 17.6 Å². The van der Waals surface area contributed by atoms with E-state index in [4.69, 9.17) is 9.47 Å². The third-order valence-electron chi connectivity index (χ3n) is 4.37. The second kappa shape index (κ2) is 7.70. The number of nitrogens with one attached hydrogen (secondary N) is 1. The number of hydrogen-bond acceptors (Lipinski definition) is 5. The zero-order chi connectivity index (χ0) is 18.7. The van der Waals surface area contributed by atoms with Crippen LogP contribution in [0.25, 0.3) is 5.69 Å². The lowest BCUT2D eigenvalue weighted by atomic mass is 10.2. The van der Waals surface area contributed by atoms with Gasteiger partial charge in [0.2, 0.25) is 0 Å². The van der Waals surface area contributed by atoms with E-state index in [-0.39, 0.29) is 6.61 Å². The Morgan fingerprint density at radius 1 is 1.27 bits per heavy atom. The molecule has 1 aromatic heterocycles. The third kappa shape index (κ3) is 3.94. The highest BCUT2D eigenvalue weighted by atomic mass is 16.6. The zero-order valence-corrected chi connectivity index (χ0v) is 15.2. The summed E-state index contributed by atoms with van der Waals surface area (Å²) in [6.45, 7) is 5.95. The molecule has 2 aromatic rings. The number of carbonyl (C=O) groups excluding carboxylic acids is 2. The van der Waals surface area contributed by atoms with E-state index >= 15 is 0 Å². The summed E-state index contributed by atoms with van der Waals surface area (Å²) in [5.41, 5.74) is 4.22. The Morgan fingerprint density at radius 3 is 2.65 bits per heavy atom. The van der Waals surface area contributed by atoms with Gasteiger partial charge in [0.15, 0.2) is 12.7 Å². The van der Waals surface area contributed by atoms with Crippen molar-refractivity contribution in [3.63, 3.8) is 0 Å². The van der Waals surface area contributed by atoms with Gasteiger partial charge in [0.1, 0.15) is 0 Å². The van der Waals surface area contributed by atoms with Gasteiger partial charge in [0.05, 0.1) is 22.8 Å². The van der Waals surface area contributed by atoms with E-state index in [0.717, 1.165) is 23.4 Å². The van der Waals surface area contributed by atoms with Gasteiger partial charge in [-0.25, -0.2) is 9.48 Å². The Balaban J connectivity index is 1.65. The van der Waals surface area contributed by atoms with E-state index in [1.807, 2.05) is 45.0 Å². The smallest absolute Gasteiger partial charge is 0.335 e. The van der Waals surface area contributed by atoms with Crippen LogP contribution in [0, 0.1) is 20.8 Å². The molecule has 1 fully saturated rings. The van der Waals surface area contributed by atoms with Gasteiger partial charge in [0, 0.05) is 6.61 Å². The molecule has 1 atom stereocenters. The second-order valence-electron chi connectivity index (χ2n) is 6.45. The molecular formula is C19H23N3O4. The lowest BCUT2D eigenvalue weighted by molar-refractivity contribution is -0.156. The molecule has 0 unspecified atom stereocenters. The number of carbonyl (C=O) groups is 2. The van der Waals surface area contributed by atoms with Crippen molar-refractivity contribution in [2.45, 2.75) is 39.7 Å². The van der Waals surface area contributed by atoms with Gasteiger partial charge in [-0.1, -0.05) is 17.7 Å². The molecule has 1 aliphatic rings. The number of ether oxygens (including phenoxy) is 2. The first-order valence-electron chi connectivity index (χ1n) is 8.67. The number of benzene rings is 1. The molecule has 1 aromatic carbocycles. The predicted octanol–water partition coefficient (Wildman–Crippen LogP) is 2.46. The van der Waals surface area contributed by atoms with E-state index in [0.29, 0.717) is 24.4 Å². The summed E-state index contributed by atoms with van der Waals surface area (Å²) in [5, 5.41) is 7.28. The van der Waals surface area contributed by atoms with E-state index in [9.17, 15) is 9.59 Å². The highest BCUT2D eigenvalue weighted by Gasteiger charge is 2.26. The molecular weight excluding hydrogens is 334 g/mol. The van der Waals surface area contributed by atoms with Gasteiger partial charge >= 0.3 is 5.97 Å². The van der Waals surface area contributed by atoms with Gasteiger partial charge in [-0.3, -0.25) is 4.79 Å². The first kappa shape index (κ1) is 18.1. The molecule has 1 aliphatic heterocycles. The molecule has 7 nitrogen and oxygen atoms in total. The SMILES string of the molecule is Cc1ccc(-n2nc(C)c(NC(=O)COC(=O)[C@H]3CCCO3)c2C)cc1. The molecule has 26 heavy (non-hydrogen) atoms. The average Bonchev–Trinajstić information content (AvgIpc) is 3.25. The number of aromatic nitrogens is 2. The van der Waals surface area contributed by atoms with Gasteiger partial charge in [-0.2, -0.15) is 5.10 Å². The molecule has 1 amide bonds. The summed E-state index contributed by atoms with van der Waals surface area (Å²) < 4.78 is 12.1. The fraction of sp³-hybridized carbons (Fsp3) is 0.421. The lowest BCUT2D eigenvalue weighted by Crippen LogP contribution is -2.27. The van der Waals surface area contributed by atoms with Gasteiger partial charge in [-0.15, -0.1) is 0 Å². The van der Waals surface area contributed by atoms with Crippen molar-refractivity contribution in [2.75, 3.05) is 18.5 Å².